The van der Waals surface area contributed by atoms with Gasteiger partial charge in [0, 0.05) is 31.2 Å². The summed E-state index contributed by atoms with van der Waals surface area (Å²) in [6.45, 7) is 4.87. The molecule has 10 heteroatoms. The Bertz CT molecular complexity index is 874. The molecule has 2 amide bonds. The van der Waals surface area contributed by atoms with Crippen molar-refractivity contribution in [2.24, 2.45) is 4.99 Å². The van der Waals surface area contributed by atoms with E-state index in [1.54, 1.807) is 18.4 Å². The fraction of sp³-hybridized carbons (Fsp3) is 0.381. The van der Waals surface area contributed by atoms with Crippen molar-refractivity contribution in [3.63, 3.8) is 0 Å². The van der Waals surface area contributed by atoms with Crippen LogP contribution < -0.4 is 10.6 Å². The van der Waals surface area contributed by atoms with Crippen LogP contribution in [-0.2, 0) is 22.7 Å². The number of piperazine rings is 1. The summed E-state index contributed by atoms with van der Waals surface area (Å²) in [4.78, 5) is 32.8. The van der Waals surface area contributed by atoms with Crippen molar-refractivity contribution >= 4 is 53.4 Å². The molecule has 8 nitrogen and oxygen atoms in total. The number of benzene rings is 1. The molecule has 3 rings (SSSR count). The Kier molecular flexibility index (Phi) is 10.1. The smallest absolute Gasteiger partial charge is 0.242 e. The van der Waals surface area contributed by atoms with Crippen LogP contribution in [0.15, 0.2) is 52.1 Å². The van der Waals surface area contributed by atoms with E-state index in [2.05, 4.69) is 15.6 Å². The SMILES string of the molecule is CCNC(=NCC(=O)NCc1ccco1)N1CCN(Cc2ccc(Cl)cc2)C(=O)C1.I. The number of rotatable bonds is 7. The molecular weight excluding hydrogens is 533 g/mol. The van der Waals surface area contributed by atoms with Gasteiger partial charge in [0.1, 0.15) is 12.3 Å². The van der Waals surface area contributed by atoms with Crippen LogP contribution in [0.1, 0.15) is 18.2 Å². The summed E-state index contributed by atoms with van der Waals surface area (Å²) in [6.07, 6.45) is 1.56. The largest absolute Gasteiger partial charge is 0.467 e. The highest BCUT2D eigenvalue weighted by molar-refractivity contribution is 14.0. The Morgan fingerprint density at radius 2 is 1.97 bits per heavy atom. The Hall–Kier alpha value is -2.27. The molecule has 0 spiro atoms. The summed E-state index contributed by atoms with van der Waals surface area (Å²) < 4.78 is 5.19. The molecule has 1 aromatic heterocycles. The molecular formula is C21H27ClIN5O3. The Balaban J connectivity index is 0.00000341. The molecule has 2 N–H and O–H groups in total. The predicted molar refractivity (Wildman–Crippen MR) is 130 cm³/mol. The van der Waals surface area contributed by atoms with Gasteiger partial charge in [0.05, 0.1) is 19.4 Å². The molecule has 168 valence electrons. The average Bonchev–Trinajstić information content (AvgIpc) is 3.26. The van der Waals surface area contributed by atoms with Crippen LogP contribution in [0.25, 0.3) is 0 Å². The van der Waals surface area contributed by atoms with E-state index in [1.807, 2.05) is 41.0 Å². The van der Waals surface area contributed by atoms with E-state index in [4.69, 9.17) is 16.0 Å². The van der Waals surface area contributed by atoms with Crippen LogP contribution in [0.3, 0.4) is 0 Å². The monoisotopic (exact) mass is 559 g/mol. The minimum atomic E-state index is -0.213. The third-order valence-corrected chi connectivity index (χ3v) is 4.90. The van der Waals surface area contributed by atoms with Crippen LogP contribution in [0.2, 0.25) is 5.02 Å². The number of furan rings is 1. The topological polar surface area (TPSA) is 90.2 Å². The number of carbonyl (C=O) groups is 2. The highest BCUT2D eigenvalue weighted by Gasteiger charge is 2.26. The molecule has 2 aromatic rings. The van der Waals surface area contributed by atoms with Crippen molar-refractivity contribution in [1.82, 2.24) is 20.4 Å². The molecule has 31 heavy (non-hydrogen) atoms. The van der Waals surface area contributed by atoms with Gasteiger partial charge in [-0.15, -0.1) is 24.0 Å². The van der Waals surface area contributed by atoms with Crippen LogP contribution in [0, 0.1) is 0 Å². The number of amides is 2. The first-order valence-corrected chi connectivity index (χ1v) is 10.3. The lowest BCUT2D eigenvalue weighted by Crippen LogP contribution is -2.55. The third-order valence-electron chi connectivity index (χ3n) is 4.65. The van der Waals surface area contributed by atoms with Crippen LogP contribution in [-0.4, -0.2) is 60.3 Å². The summed E-state index contributed by atoms with van der Waals surface area (Å²) in [7, 11) is 0. The number of hydrogen-bond acceptors (Lipinski definition) is 4. The summed E-state index contributed by atoms with van der Waals surface area (Å²) in [5.74, 6) is 1.05. The zero-order valence-corrected chi connectivity index (χ0v) is 20.4. The third kappa shape index (κ3) is 7.73. The first-order chi connectivity index (χ1) is 14.5. The Labute approximate surface area is 204 Å². The van der Waals surface area contributed by atoms with Crippen LogP contribution >= 0.6 is 35.6 Å². The zero-order chi connectivity index (χ0) is 21.3. The summed E-state index contributed by atoms with van der Waals surface area (Å²) in [5, 5.41) is 6.60. The number of guanidine groups is 1. The second-order valence-corrected chi connectivity index (χ2v) is 7.33. The molecule has 0 aliphatic carbocycles. The maximum absolute atomic E-state index is 12.6. The van der Waals surface area contributed by atoms with Crippen LogP contribution in [0.5, 0.6) is 0 Å². The maximum atomic E-state index is 12.6. The normalized spacial score (nSPS) is 14.3. The van der Waals surface area contributed by atoms with Crippen molar-refractivity contribution < 1.29 is 14.0 Å². The van der Waals surface area contributed by atoms with Crippen molar-refractivity contribution in [3.05, 3.63) is 59.0 Å². The van der Waals surface area contributed by atoms with Crippen molar-refractivity contribution in [3.8, 4) is 0 Å². The van der Waals surface area contributed by atoms with E-state index in [1.165, 1.54) is 0 Å². The zero-order valence-electron chi connectivity index (χ0n) is 17.3. The van der Waals surface area contributed by atoms with Gasteiger partial charge >= 0.3 is 0 Å². The predicted octanol–water partition coefficient (Wildman–Crippen LogP) is 2.48. The Morgan fingerprint density at radius 1 is 1.19 bits per heavy atom. The van der Waals surface area contributed by atoms with Gasteiger partial charge in [-0.3, -0.25) is 9.59 Å². The first kappa shape index (κ1) is 25.0. The number of nitrogens with zero attached hydrogens (tertiary/aromatic N) is 3. The molecule has 0 radical (unpaired) electrons. The minimum absolute atomic E-state index is 0. The minimum Gasteiger partial charge on any atom is -0.467 e. The molecule has 1 aromatic carbocycles. The quantitative estimate of drug-likeness (QED) is 0.309. The Morgan fingerprint density at radius 3 is 2.61 bits per heavy atom. The van der Waals surface area contributed by atoms with Gasteiger partial charge in [0.25, 0.3) is 0 Å². The number of aliphatic imine (C=N–C) groups is 1. The van der Waals surface area contributed by atoms with E-state index < -0.39 is 0 Å². The first-order valence-electron chi connectivity index (χ1n) is 9.89. The van der Waals surface area contributed by atoms with E-state index >= 15 is 0 Å². The lowest BCUT2D eigenvalue weighted by molar-refractivity contribution is -0.135. The molecule has 0 unspecified atom stereocenters. The van der Waals surface area contributed by atoms with Gasteiger partial charge in [-0.05, 0) is 36.8 Å². The molecule has 1 saturated heterocycles. The average molecular weight is 560 g/mol. The highest BCUT2D eigenvalue weighted by atomic mass is 127. The molecule has 2 heterocycles. The lowest BCUT2D eigenvalue weighted by Gasteiger charge is -2.36. The van der Waals surface area contributed by atoms with Crippen molar-refractivity contribution in [2.45, 2.75) is 20.0 Å². The molecule has 1 aliphatic rings. The fourth-order valence-corrected chi connectivity index (χ4v) is 3.22. The van der Waals surface area contributed by atoms with Gasteiger partial charge in [-0.1, -0.05) is 23.7 Å². The highest BCUT2D eigenvalue weighted by Crippen LogP contribution is 2.13. The van der Waals surface area contributed by atoms with Gasteiger partial charge in [0.2, 0.25) is 11.8 Å². The number of halogens is 2. The van der Waals surface area contributed by atoms with Gasteiger partial charge in [0.15, 0.2) is 5.96 Å². The number of carbonyl (C=O) groups excluding carboxylic acids is 2. The van der Waals surface area contributed by atoms with Gasteiger partial charge < -0.3 is 24.9 Å². The van der Waals surface area contributed by atoms with E-state index in [-0.39, 0.29) is 48.9 Å². The molecule has 0 saturated carbocycles. The van der Waals surface area contributed by atoms with Crippen LogP contribution in [0.4, 0.5) is 0 Å². The van der Waals surface area contributed by atoms with Gasteiger partial charge in [-0.2, -0.15) is 0 Å². The molecule has 0 atom stereocenters. The summed E-state index contributed by atoms with van der Waals surface area (Å²) >= 11 is 5.92. The maximum Gasteiger partial charge on any atom is 0.242 e. The molecule has 1 fully saturated rings. The second-order valence-electron chi connectivity index (χ2n) is 6.89. The van der Waals surface area contributed by atoms with Crippen molar-refractivity contribution in [1.29, 1.82) is 0 Å². The molecule has 1 aliphatic heterocycles. The fourth-order valence-electron chi connectivity index (χ4n) is 3.09. The van der Waals surface area contributed by atoms with Crippen molar-refractivity contribution in [2.75, 3.05) is 32.7 Å². The lowest BCUT2D eigenvalue weighted by atomic mass is 10.2. The summed E-state index contributed by atoms with van der Waals surface area (Å²) in [6, 6.07) is 11.1. The van der Waals surface area contributed by atoms with E-state index in [0.29, 0.717) is 49.5 Å². The number of hydrogen-bond donors (Lipinski definition) is 2. The van der Waals surface area contributed by atoms with Gasteiger partial charge in [-0.25, -0.2) is 4.99 Å². The van der Waals surface area contributed by atoms with E-state index in [0.717, 1.165) is 5.56 Å². The standard InChI is InChI=1S/C21H26ClN5O3.HI/c1-2-23-21(25-13-19(28)24-12-18-4-3-11-30-18)27-10-9-26(20(29)15-27)14-16-5-7-17(22)8-6-16;/h3-8,11H,2,9-10,12-15H2,1H3,(H,23,25)(H,24,28);1H. The molecule has 0 bridgehead atoms. The number of nitrogens with one attached hydrogen (secondary N) is 2. The second kappa shape index (κ2) is 12.6. The van der Waals surface area contributed by atoms with E-state index in [9.17, 15) is 9.59 Å². The summed E-state index contributed by atoms with van der Waals surface area (Å²) in [5.41, 5.74) is 1.04.